The first kappa shape index (κ1) is 21.5. The maximum absolute atomic E-state index is 12.9. The van der Waals surface area contributed by atoms with E-state index in [2.05, 4.69) is 34.0 Å². The summed E-state index contributed by atoms with van der Waals surface area (Å²) in [5.41, 5.74) is 4.97. The zero-order valence-corrected chi connectivity index (χ0v) is 18.5. The number of pyridine rings is 1. The molecule has 0 aliphatic carbocycles. The molecule has 1 amide bonds. The van der Waals surface area contributed by atoms with Crippen molar-refractivity contribution in [2.45, 2.75) is 6.16 Å². The summed E-state index contributed by atoms with van der Waals surface area (Å²) in [4.78, 5) is 20.5. The number of nitrogens with zero attached hydrogens (tertiary/aromatic N) is 2. The van der Waals surface area contributed by atoms with Crippen LogP contribution < -0.4 is 11.2 Å². The first-order valence-corrected chi connectivity index (χ1v) is 11.3. The molecule has 6 nitrogen and oxygen atoms in total. The first-order valence-electron chi connectivity index (χ1n) is 10.1. The number of rotatable bonds is 8. The number of hydrogen-bond donors (Lipinski definition) is 3. The Morgan fingerprint density at radius 2 is 1.84 bits per heavy atom. The Kier molecular flexibility index (Phi) is 6.75. The maximum atomic E-state index is 12.9. The fourth-order valence-electron chi connectivity index (χ4n) is 3.27. The van der Waals surface area contributed by atoms with Crippen LogP contribution >= 0.6 is 8.73 Å². The van der Waals surface area contributed by atoms with Crippen molar-refractivity contribution < 1.29 is 4.79 Å². The average Bonchev–Trinajstić information content (AvgIpc) is 3.24. The van der Waals surface area contributed by atoms with Crippen LogP contribution in [0, 0.1) is 0 Å². The topological polar surface area (TPSA) is 87.0 Å². The van der Waals surface area contributed by atoms with E-state index in [0.29, 0.717) is 25.6 Å². The fraction of sp³-hybridized carbons (Fsp3) is 0.0400. The lowest BCUT2D eigenvalue weighted by Crippen LogP contribution is -2.20. The number of fused-ring (bicyclic) bond motifs is 1. The lowest BCUT2D eigenvalue weighted by molar-refractivity contribution is -0.112. The highest BCUT2D eigenvalue weighted by Gasteiger charge is 2.13. The number of amides is 1. The highest BCUT2D eigenvalue weighted by atomic mass is 31.1. The van der Waals surface area contributed by atoms with Gasteiger partial charge in [0.2, 0.25) is 0 Å². The second-order valence-electron chi connectivity index (χ2n) is 7.16. The average molecular weight is 441 g/mol. The third-order valence-electron chi connectivity index (χ3n) is 4.96. The van der Waals surface area contributed by atoms with E-state index in [1.807, 2.05) is 60.8 Å². The smallest absolute Gasteiger partial charge is 0.257 e. The third kappa shape index (κ3) is 5.11. The molecule has 0 saturated carbocycles. The van der Waals surface area contributed by atoms with E-state index < -0.39 is 0 Å². The molecule has 7 heteroatoms. The molecule has 4 rings (SSSR count). The lowest BCUT2D eigenvalue weighted by Gasteiger charge is -2.15. The predicted molar refractivity (Wildman–Crippen MR) is 133 cm³/mol. The van der Waals surface area contributed by atoms with Crippen molar-refractivity contribution in [3.05, 3.63) is 109 Å². The van der Waals surface area contributed by atoms with Crippen molar-refractivity contribution in [2.24, 2.45) is 5.84 Å². The predicted octanol–water partition coefficient (Wildman–Crippen LogP) is 5.21. The largest absolute Gasteiger partial charge is 0.344 e. The first-order chi connectivity index (χ1) is 15.6. The summed E-state index contributed by atoms with van der Waals surface area (Å²) in [6.45, 7) is 3.77. The number of H-pyrrole nitrogens is 1. The Morgan fingerprint density at radius 1 is 1.12 bits per heavy atom. The highest BCUT2D eigenvalue weighted by molar-refractivity contribution is 7.34. The Bertz CT molecular complexity index is 1250. The van der Waals surface area contributed by atoms with Crippen molar-refractivity contribution in [1.82, 2.24) is 14.7 Å². The molecule has 1 unspecified atom stereocenters. The summed E-state index contributed by atoms with van der Waals surface area (Å²) >= 11 is 0. The number of benzene rings is 2. The van der Waals surface area contributed by atoms with Gasteiger partial charge in [-0.3, -0.25) is 9.57 Å². The fourth-order valence-corrected chi connectivity index (χ4v) is 4.10. The van der Waals surface area contributed by atoms with Gasteiger partial charge in [0.15, 0.2) is 0 Å². The number of aromatic amines is 1. The second-order valence-corrected chi connectivity index (χ2v) is 8.35. The van der Waals surface area contributed by atoms with Crippen LogP contribution in [0.2, 0.25) is 0 Å². The Morgan fingerprint density at radius 3 is 2.56 bits per heavy atom. The van der Waals surface area contributed by atoms with E-state index in [4.69, 9.17) is 5.84 Å². The van der Waals surface area contributed by atoms with Crippen molar-refractivity contribution in [2.75, 3.05) is 5.32 Å². The minimum Gasteiger partial charge on any atom is -0.344 e. The van der Waals surface area contributed by atoms with Crippen molar-refractivity contribution >= 4 is 31.4 Å². The zero-order valence-electron chi connectivity index (χ0n) is 17.5. The van der Waals surface area contributed by atoms with Crippen LogP contribution in [0.5, 0.6) is 0 Å². The van der Waals surface area contributed by atoms with E-state index in [-0.39, 0.29) is 5.91 Å². The van der Waals surface area contributed by atoms with Gasteiger partial charge in [-0.25, -0.2) is 10.8 Å². The number of nitrogens with one attached hydrogen (secondary N) is 2. The van der Waals surface area contributed by atoms with Crippen LogP contribution in [0.3, 0.4) is 0 Å². The molecule has 0 spiro atoms. The standard InChI is InChI=1S/C25H24N5OP/c1-2-19(16-30(26)32-17-18-9-5-3-6-10-18)25(31)29-23-15-28-24-22(23)13-21(14-27-24)20-11-7-4-8-12-20/h2-16,32H,1,17,26H2,(H,27,28)(H,29,31)/b19-16+. The number of nitrogens with two attached hydrogens (primary N) is 1. The molecule has 2 aromatic heterocycles. The summed E-state index contributed by atoms with van der Waals surface area (Å²) in [6, 6.07) is 22.1. The number of anilines is 1. The maximum Gasteiger partial charge on any atom is 0.257 e. The van der Waals surface area contributed by atoms with E-state index in [1.165, 1.54) is 16.4 Å². The van der Waals surface area contributed by atoms with Gasteiger partial charge in [-0.05, 0) is 25.9 Å². The SMILES string of the molecule is C=C/C(=C\N(N)PCc1ccccc1)C(=O)Nc1c[nH]c2ncc(-c3ccccc3)cc12. The molecule has 2 aromatic carbocycles. The molecular formula is C25H24N5OP. The lowest BCUT2D eigenvalue weighted by atomic mass is 10.1. The van der Waals surface area contributed by atoms with Gasteiger partial charge < -0.3 is 10.3 Å². The van der Waals surface area contributed by atoms with E-state index in [9.17, 15) is 4.79 Å². The van der Waals surface area contributed by atoms with Gasteiger partial charge in [0.05, 0.1) is 11.3 Å². The van der Waals surface area contributed by atoms with Gasteiger partial charge in [-0.1, -0.05) is 73.3 Å². The summed E-state index contributed by atoms with van der Waals surface area (Å²) in [7, 11) is 0.303. The number of hydrogen-bond acceptors (Lipinski definition) is 4. The Hall–Kier alpha value is -3.73. The second kappa shape index (κ2) is 10.1. The van der Waals surface area contributed by atoms with E-state index in [0.717, 1.165) is 22.7 Å². The molecule has 0 aliphatic rings. The van der Waals surface area contributed by atoms with Crippen LogP contribution in [0.4, 0.5) is 5.69 Å². The number of carbonyl (C=O) groups excluding carboxylic acids is 1. The molecule has 1 atom stereocenters. The van der Waals surface area contributed by atoms with Crippen LogP contribution in [0.25, 0.3) is 22.2 Å². The highest BCUT2D eigenvalue weighted by Crippen LogP contribution is 2.28. The third-order valence-corrected chi connectivity index (χ3v) is 6.02. The van der Waals surface area contributed by atoms with Gasteiger partial charge in [0.1, 0.15) is 5.65 Å². The Balaban J connectivity index is 1.49. The number of aromatic nitrogens is 2. The molecule has 0 saturated heterocycles. The van der Waals surface area contributed by atoms with Crippen LogP contribution in [0.1, 0.15) is 5.56 Å². The molecule has 0 radical (unpaired) electrons. The summed E-state index contributed by atoms with van der Waals surface area (Å²) in [6.07, 6.45) is 7.48. The molecular weight excluding hydrogens is 417 g/mol. The minimum absolute atomic E-state index is 0.286. The van der Waals surface area contributed by atoms with Gasteiger partial charge in [-0.15, -0.1) is 0 Å². The zero-order chi connectivity index (χ0) is 22.3. The van der Waals surface area contributed by atoms with E-state index >= 15 is 0 Å². The van der Waals surface area contributed by atoms with Gasteiger partial charge >= 0.3 is 0 Å². The van der Waals surface area contributed by atoms with Gasteiger partial charge in [0, 0.05) is 35.7 Å². The minimum atomic E-state index is -0.286. The Labute approximate surface area is 188 Å². The molecule has 32 heavy (non-hydrogen) atoms. The van der Waals surface area contributed by atoms with Crippen molar-refractivity contribution in [3.8, 4) is 11.1 Å². The summed E-state index contributed by atoms with van der Waals surface area (Å²) in [5.74, 6) is 5.82. The molecule has 2 heterocycles. The van der Waals surface area contributed by atoms with Crippen molar-refractivity contribution in [3.63, 3.8) is 0 Å². The van der Waals surface area contributed by atoms with Gasteiger partial charge in [-0.2, -0.15) is 0 Å². The summed E-state index contributed by atoms with van der Waals surface area (Å²) < 4.78 is 1.54. The summed E-state index contributed by atoms with van der Waals surface area (Å²) in [5, 5.41) is 3.78. The molecule has 160 valence electrons. The number of carbonyl (C=O) groups is 1. The van der Waals surface area contributed by atoms with Gasteiger partial charge in [0.25, 0.3) is 5.91 Å². The van der Waals surface area contributed by atoms with E-state index in [1.54, 1.807) is 12.4 Å². The van der Waals surface area contributed by atoms with Crippen LogP contribution in [0.15, 0.2) is 104 Å². The molecule has 4 N–H and O–H groups in total. The quantitative estimate of drug-likeness (QED) is 0.115. The molecule has 0 fully saturated rings. The van der Waals surface area contributed by atoms with Crippen molar-refractivity contribution in [1.29, 1.82) is 0 Å². The number of hydrazine groups is 1. The van der Waals surface area contributed by atoms with Crippen LogP contribution in [-0.2, 0) is 11.0 Å². The van der Waals surface area contributed by atoms with Crippen LogP contribution in [-0.4, -0.2) is 20.7 Å². The normalized spacial score (nSPS) is 11.7. The monoisotopic (exact) mass is 441 g/mol. The molecule has 0 bridgehead atoms. The molecule has 0 aliphatic heterocycles. The molecule has 4 aromatic rings.